The molecule has 24 heavy (non-hydrogen) atoms. The van der Waals surface area contributed by atoms with Crippen LogP contribution in [0.15, 0.2) is 30.0 Å². The summed E-state index contributed by atoms with van der Waals surface area (Å²) >= 11 is 0. The minimum Gasteiger partial charge on any atom is -0.353 e. The average molecular weight is 328 g/mol. The molecule has 5 nitrogen and oxygen atoms in total. The summed E-state index contributed by atoms with van der Waals surface area (Å²) in [5, 5.41) is 8.15. The number of nitrogens with zero attached hydrogens (tertiary/aromatic N) is 4. The standard InChI is InChI=1S/C19H28N4O/c1-14(2)13-15-17(19(15,3)4)18(24)23-10-6-9-22(11-12-23)16-7-5-8-20-21-16/h5,7-8,13,15,17H,6,9-12H2,1-4H3/t15-,17-/m1/s1. The van der Waals surface area contributed by atoms with Crippen LogP contribution in [-0.2, 0) is 4.79 Å². The normalized spacial score (nSPS) is 25.8. The quantitative estimate of drug-likeness (QED) is 0.801. The Kier molecular flexibility index (Phi) is 4.61. The minimum absolute atomic E-state index is 0.0885. The summed E-state index contributed by atoms with van der Waals surface area (Å²) < 4.78 is 0. The number of hydrogen-bond donors (Lipinski definition) is 0. The van der Waals surface area contributed by atoms with Crippen molar-refractivity contribution in [3.05, 3.63) is 30.0 Å². The average Bonchev–Trinajstić information content (AvgIpc) is 3.17. The highest BCUT2D eigenvalue weighted by Gasteiger charge is 2.61. The van der Waals surface area contributed by atoms with Crippen molar-refractivity contribution in [2.24, 2.45) is 17.3 Å². The topological polar surface area (TPSA) is 49.3 Å². The van der Waals surface area contributed by atoms with Crippen LogP contribution in [0, 0.1) is 17.3 Å². The maximum absolute atomic E-state index is 13.0. The molecule has 0 aromatic carbocycles. The van der Waals surface area contributed by atoms with E-state index < -0.39 is 0 Å². The summed E-state index contributed by atoms with van der Waals surface area (Å²) in [7, 11) is 0. The number of allylic oxidation sites excluding steroid dienone is 2. The van der Waals surface area contributed by atoms with Gasteiger partial charge in [0, 0.05) is 32.4 Å². The Labute approximate surface area is 144 Å². The zero-order valence-corrected chi connectivity index (χ0v) is 15.2. The zero-order chi connectivity index (χ0) is 17.3. The van der Waals surface area contributed by atoms with E-state index >= 15 is 0 Å². The van der Waals surface area contributed by atoms with Gasteiger partial charge < -0.3 is 9.80 Å². The van der Waals surface area contributed by atoms with Crippen LogP contribution in [0.1, 0.15) is 34.1 Å². The number of anilines is 1. The fraction of sp³-hybridized carbons (Fsp3) is 0.632. The summed E-state index contributed by atoms with van der Waals surface area (Å²) in [5.41, 5.74) is 1.39. The summed E-state index contributed by atoms with van der Waals surface area (Å²) in [4.78, 5) is 17.3. The number of carbonyl (C=O) groups is 1. The highest BCUT2D eigenvalue weighted by Crippen LogP contribution is 2.60. The Bertz CT molecular complexity index is 622. The molecule has 0 spiro atoms. The fourth-order valence-electron chi connectivity index (χ4n) is 3.85. The summed E-state index contributed by atoms with van der Waals surface area (Å²) in [6, 6.07) is 3.90. The molecule has 2 atom stereocenters. The lowest BCUT2D eigenvalue weighted by molar-refractivity contribution is -0.133. The fourth-order valence-corrected chi connectivity index (χ4v) is 3.85. The molecule has 1 saturated carbocycles. The first-order valence-corrected chi connectivity index (χ1v) is 8.87. The Morgan fingerprint density at radius 3 is 2.71 bits per heavy atom. The second kappa shape index (κ2) is 6.54. The van der Waals surface area contributed by atoms with Crippen LogP contribution >= 0.6 is 0 Å². The predicted molar refractivity (Wildman–Crippen MR) is 95.6 cm³/mol. The van der Waals surface area contributed by atoms with Crippen LogP contribution in [0.5, 0.6) is 0 Å². The van der Waals surface area contributed by atoms with Crippen molar-refractivity contribution in [3.63, 3.8) is 0 Å². The van der Waals surface area contributed by atoms with Crippen molar-refractivity contribution >= 4 is 11.7 Å². The molecule has 0 N–H and O–H groups in total. The number of aromatic nitrogens is 2. The van der Waals surface area contributed by atoms with Gasteiger partial charge in [0.1, 0.15) is 0 Å². The van der Waals surface area contributed by atoms with E-state index in [0.29, 0.717) is 11.8 Å². The Morgan fingerprint density at radius 2 is 2.04 bits per heavy atom. The van der Waals surface area contributed by atoms with Crippen molar-refractivity contribution in [2.75, 3.05) is 31.1 Å². The van der Waals surface area contributed by atoms with Crippen LogP contribution in [-0.4, -0.2) is 47.2 Å². The highest BCUT2D eigenvalue weighted by atomic mass is 16.2. The van der Waals surface area contributed by atoms with Gasteiger partial charge in [0.15, 0.2) is 5.82 Å². The molecule has 2 aliphatic rings. The van der Waals surface area contributed by atoms with Crippen LogP contribution < -0.4 is 4.90 Å². The van der Waals surface area contributed by atoms with Crippen molar-refractivity contribution in [1.29, 1.82) is 0 Å². The van der Waals surface area contributed by atoms with Crippen LogP contribution in [0.25, 0.3) is 0 Å². The first-order valence-electron chi connectivity index (χ1n) is 8.87. The molecule has 1 aromatic rings. The second-order valence-electron chi connectivity index (χ2n) is 7.82. The third-order valence-electron chi connectivity index (χ3n) is 5.38. The summed E-state index contributed by atoms with van der Waals surface area (Å²) in [6.07, 6.45) is 4.94. The van der Waals surface area contributed by atoms with Crippen molar-refractivity contribution in [3.8, 4) is 0 Å². The molecule has 3 rings (SSSR count). The van der Waals surface area contributed by atoms with Crippen LogP contribution in [0.2, 0.25) is 0 Å². The maximum Gasteiger partial charge on any atom is 0.226 e. The van der Waals surface area contributed by atoms with Crippen molar-refractivity contribution in [1.82, 2.24) is 15.1 Å². The lowest BCUT2D eigenvalue weighted by atomic mass is 10.1. The van der Waals surface area contributed by atoms with E-state index in [0.717, 1.165) is 38.4 Å². The van der Waals surface area contributed by atoms with Crippen LogP contribution in [0.3, 0.4) is 0 Å². The monoisotopic (exact) mass is 328 g/mol. The Balaban J connectivity index is 1.64. The maximum atomic E-state index is 13.0. The first-order chi connectivity index (χ1) is 11.4. The van der Waals surface area contributed by atoms with Gasteiger partial charge >= 0.3 is 0 Å². The number of rotatable bonds is 3. The van der Waals surface area contributed by atoms with Crippen LogP contribution in [0.4, 0.5) is 5.82 Å². The highest BCUT2D eigenvalue weighted by molar-refractivity contribution is 5.84. The summed E-state index contributed by atoms with van der Waals surface area (Å²) in [5.74, 6) is 1.74. The van der Waals surface area contributed by atoms with Gasteiger partial charge in [-0.2, -0.15) is 5.10 Å². The molecule has 0 unspecified atom stereocenters. The van der Waals surface area contributed by atoms with Gasteiger partial charge in [0.25, 0.3) is 0 Å². The smallest absolute Gasteiger partial charge is 0.226 e. The SMILES string of the molecule is CC(C)=C[C@@H]1[C@H](C(=O)N2CCCN(c3cccnn3)CC2)C1(C)C. The van der Waals surface area contributed by atoms with Gasteiger partial charge in [-0.25, -0.2) is 0 Å². The minimum atomic E-state index is 0.0885. The molecule has 0 bridgehead atoms. The van der Waals surface area contributed by atoms with E-state index in [4.69, 9.17) is 0 Å². The van der Waals surface area contributed by atoms with Crippen molar-refractivity contribution in [2.45, 2.75) is 34.1 Å². The molecule has 1 saturated heterocycles. The predicted octanol–water partition coefficient (Wildman–Crippen LogP) is 2.75. The second-order valence-corrected chi connectivity index (χ2v) is 7.82. The first kappa shape index (κ1) is 16.9. The molecular formula is C19H28N4O. The number of carbonyl (C=O) groups excluding carboxylic acids is 1. The molecule has 2 fully saturated rings. The molecule has 1 aromatic heterocycles. The van der Waals surface area contributed by atoms with E-state index in [2.05, 4.69) is 53.8 Å². The molecule has 1 amide bonds. The van der Waals surface area contributed by atoms with Gasteiger partial charge in [-0.05, 0) is 43.7 Å². The third-order valence-corrected chi connectivity index (χ3v) is 5.38. The van der Waals surface area contributed by atoms with E-state index in [1.165, 1.54) is 5.57 Å². The van der Waals surface area contributed by atoms with Gasteiger partial charge in [-0.1, -0.05) is 25.5 Å². The Morgan fingerprint density at radius 1 is 1.25 bits per heavy atom. The zero-order valence-electron chi connectivity index (χ0n) is 15.2. The van der Waals surface area contributed by atoms with E-state index in [1.54, 1.807) is 6.20 Å². The van der Waals surface area contributed by atoms with Gasteiger partial charge in [-0.3, -0.25) is 4.79 Å². The Hall–Kier alpha value is -1.91. The van der Waals surface area contributed by atoms with Gasteiger partial charge in [-0.15, -0.1) is 5.10 Å². The molecule has 2 heterocycles. The lowest BCUT2D eigenvalue weighted by Crippen LogP contribution is -2.37. The number of amides is 1. The number of hydrogen-bond acceptors (Lipinski definition) is 4. The molecule has 0 radical (unpaired) electrons. The summed E-state index contributed by atoms with van der Waals surface area (Å²) in [6.45, 7) is 12.0. The lowest BCUT2D eigenvalue weighted by Gasteiger charge is -2.23. The van der Waals surface area contributed by atoms with Gasteiger partial charge in [0.05, 0.1) is 5.92 Å². The van der Waals surface area contributed by atoms with Crippen molar-refractivity contribution < 1.29 is 4.79 Å². The molecular weight excluding hydrogens is 300 g/mol. The third kappa shape index (κ3) is 3.30. The molecule has 130 valence electrons. The molecule has 1 aliphatic heterocycles. The van der Waals surface area contributed by atoms with E-state index in [-0.39, 0.29) is 11.3 Å². The molecule has 1 aliphatic carbocycles. The van der Waals surface area contributed by atoms with E-state index in [1.807, 2.05) is 12.1 Å². The largest absolute Gasteiger partial charge is 0.353 e. The molecule has 5 heteroatoms. The van der Waals surface area contributed by atoms with E-state index in [9.17, 15) is 4.79 Å². The van der Waals surface area contributed by atoms with Gasteiger partial charge in [0.2, 0.25) is 5.91 Å².